The third kappa shape index (κ3) is 1.81. The fourth-order valence-corrected chi connectivity index (χ4v) is 7.43. The van der Waals surface area contributed by atoms with E-state index in [0.29, 0.717) is 23.3 Å². The molecule has 0 aromatic carbocycles. The average molecular weight is 312 g/mol. The van der Waals surface area contributed by atoms with Crippen LogP contribution in [0.1, 0.15) is 29.0 Å². The maximum atomic E-state index is 12.6. The first-order chi connectivity index (χ1) is 9.51. The molecule has 6 heteroatoms. The van der Waals surface area contributed by atoms with Crippen LogP contribution in [0.4, 0.5) is 0 Å². The predicted octanol–water partition coefficient (Wildman–Crippen LogP) is 1.84. The van der Waals surface area contributed by atoms with Crippen molar-refractivity contribution in [1.29, 1.82) is 0 Å². The number of thiophene rings is 1. The van der Waals surface area contributed by atoms with E-state index >= 15 is 0 Å². The molecule has 1 heterocycles. The Labute approximate surface area is 123 Å². The van der Waals surface area contributed by atoms with Gasteiger partial charge in [0.1, 0.15) is 0 Å². The van der Waals surface area contributed by atoms with Crippen LogP contribution in [0, 0.1) is 30.6 Å². The highest BCUT2D eigenvalue weighted by Crippen LogP contribution is 2.65. The Morgan fingerprint density at radius 1 is 1.35 bits per heavy atom. The second-order valence-corrected chi connectivity index (χ2v) is 9.50. The maximum Gasteiger partial charge on any atom is 0.241 e. The van der Waals surface area contributed by atoms with Crippen molar-refractivity contribution >= 4 is 21.4 Å². The fraction of sp³-hybridized carbons (Fsp3) is 0.714. The standard InChI is InChI=1S/C14H20N2O2S2/c1-7-11(5-10(6-15)19-7)20(17,18)16-14-12-8-2-3-9(4-8)13(12)14/h5,8-9,12-14,16H,2-4,6,15H2,1H3. The lowest BCUT2D eigenvalue weighted by molar-refractivity contribution is 0.456. The Hall–Kier alpha value is -0.430. The second kappa shape index (κ2) is 4.29. The third-order valence-electron chi connectivity index (χ3n) is 5.44. The molecule has 3 aliphatic carbocycles. The number of fused-ring (bicyclic) bond motifs is 5. The zero-order valence-corrected chi connectivity index (χ0v) is 13.1. The van der Waals surface area contributed by atoms with E-state index in [0.717, 1.165) is 21.6 Å². The zero-order chi connectivity index (χ0) is 14.1. The SMILES string of the molecule is Cc1sc(CN)cc1S(=O)(=O)NC1C2C3CCC(C3)C12. The number of nitrogens with two attached hydrogens (primary N) is 1. The lowest BCUT2D eigenvalue weighted by atomic mass is 10.0. The quantitative estimate of drug-likeness (QED) is 0.891. The largest absolute Gasteiger partial charge is 0.326 e. The molecule has 3 saturated carbocycles. The fourth-order valence-electron chi connectivity index (χ4n) is 4.62. The summed E-state index contributed by atoms with van der Waals surface area (Å²) < 4.78 is 28.1. The molecule has 4 atom stereocenters. The molecule has 2 bridgehead atoms. The number of sulfonamides is 1. The normalized spacial score (nSPS) is 38.2. The van der Waals surface area contributed by atoms with Crippen LogP contribution in [0.5, 0.6) is 0 Å². The van der Waals surface area contributed by atoms with Crippen molar-refractivity contribution in [3.05, 3.63) is 15.8 Å². The molecule has 4 nitrogen and oxygen atoms in total. The molecule has 3 fully saturated rings. The van der Waals surface area contributed by atoms with Crippen LogP contribution in [0.25, 0.3) is 0 Å². The highest BCUT2D eigenvalue weighted by Gasteiger charge is 2.65. The molecule has 1 aromatic rings. The summed E-state index contributed by atoms with van der Waals surface area (Å²) in [6.45, 7) is 2.26. The predicted molar refractivity (Wildman–Crippen MR) is 78.9 cm³/mol. The Balaban J connectivity index is 1.55. The van der Waals surface area contributed by atoms with Gasteiger partial charge >= 0.3 is 0 Å². The molecule has 0 aliphatic heterocycles. The zero-order valence-electron chi connectivity index (χ0n) is 11.5. The average Bonchev–Trinajstić information content (AvgIpc) is 2.81. The molecule has 3 N–H and O–H groups in total. The number of rotatable bonds is 4. The Morgan fingerprint density at radius 2 is 2.00 bits per heavy atom. The van der Waals surface area contributed by atoms with Gasteiger partial charge in [0, 0.05) is 22.3 Å². The van der Waals surface area contributed by atoms with Crippen LogP contribution in [-0.2, 0) is 16.6 Å². The van der Waals surface area contributed by atoms with E-state index in [-0.39, 0.29) is 6.04 Å². The summed E-state index contributed by atoms with van der Waals surface area (Å²) in [5.74, 6) is 2.80. The molecular weight excluding hydrogens is 292 g/mol. The summed E-state index contributed by atoms with van der Waals surface area (Å²) >= 11 is 1.48. The molecule has 0 saturated heterocycles. The summed E-state index contributed by atoms with van der Waals surface area (Å²) in [7, 11) is -3.37. The van der Waals surface area contributed by atoms with Crippen LogP contribution >= 0.6 is 11.3 Å². The van der Waals surface area contributed by atoms with Crippen LogP contribution in [0.15, 0.2) is 11.0 Å². The lowest BCUT2D eigenvalue weighted by Crippen LogP contribution is -2.30. The van der Waals surface area contributed by atoms with Gasteiger partial charge in [-0.05, 0) is 55.9 Å². The van der Waals surface area contributed by atoms with Gasteiger partial charge in [-0.15, -0.1) is 11.3 Å². The van der Waals surface area contributed by atoms with Crippen molar-refractivity contribution < 1.29 is 8.42 Å². The van der Waals surface area contributed by atoms with Crippen molar-refractivity contribution in [2.24, 2.45) is 29.4 Å². The van der Waals surface area contributed by atoms with Gasteiger partial charge in [0.05, 0.1) is 4.90 Å². The number of hydrogen-bond donors (Lipinski definition) is 2. The Bertz CT molecular complexity index is 636. The minimum absolute atomic E-state index is 0.201. The van der Waals surface area contributed by atoms with E-state index in [9.17, 15) is 8.42 Å². The minimum Gasteiger partial charge on any atom is -0.326 e. The van der Waals surface area contributed by atoms with E-state index in [4.69, 9.17) is 5.73 Å². The Kier molecular flexibility index (Phi) is 2.84. The molecule has 110 valence electrons. The molecule has 4 rings (SSSR count). The summed E-state index contributed by atoms with van der Waals surface area (Å²) in [5.41, 5.74) is 5.60. The summed E-state index contributed by atoms with van der Waals surface area (Å²) in [6.07, 6.45) is 3.94. The van der Waals surface area contributed by atoms with Gasteiger partial charge in [0.15, 0.2) is 0 Å². The first-order valence-electron chi connectivity index (χ1n) is 7.33. The van der Waals surface area contributed by atoms with Gasteiger partial charge in [-0.2, -0.15) is 0 Å². The second-order valence-electron chi connectivity index (χ2n) is 6.47. The van der Waals surface area contributed by atoms with Gasteiger partial charge in [-0.1, -0.05) is 0 Å². The molecule has 1 aromatic heterocycles. The van der Waals surface area contributed by atoms with Gasteiger partial charge < -0.3 is 5.73 Å². The molecule has 0 amide bonds. The lowest BCUT2D eigenvalue weighted by Gasteiger charge is -2.11. The van der Waals surface area contributed by atoms with Crippen molar-refractivity contribution in [3.8, 4) is 0 Å². The third-order valence-corrected chi connectivity index (χ3v) is 8.23. The topological polar surface area (TPSA) is 72.2 Å². The van der Waals surface area contributed by atoms with E-state index in [1.165, 1.54) is 30.6 Å². The molecule has 0 radical (unpaired) electrons. The summed E-state index contributed by atoms with van der Waals surface area (Å²) in [6, 6.07) is 1.93. The summed E-state index contributed by atoms with van der Waals surface area (Å²) in [5, 5.41) is 0. The van der Waals surface area contributed by atoms with Crippen molar-refractivity contribution in [1.82, 2.24) is 4.72 Å². The Morgan fingerprint density at radius 3 is 2.55 bits per heavy atom. The van der Waals surface area contributed by atoms with Crippen LogP contribution < -0.4 is 10.5 Å². The van der Waals surface area contributed by atoms with Crippen molar-refractivity contribution in [3.63, 3.8) is 0 Å². The molecule has 4 unspecified atom stereocenters. The van der Waals surface area contributed by atoms with E-state index in [2.05, 4.69) is 4.72 Å². The molecule has 3 aliphatic rings. The highest BCUT2D eigenvalue weighted by atomic mass is 32.2. The smallest absolute Gasteiger partial charge is 0.241 e. The van der Waals surface area contributed by atoms with Gasteiger partial charge in [-0.3, -0.25) is 0 Å². The van der Waals surface area contributed by atoms with E-state index < -0.39 is 10.0 Å². The van der Waals surface area contributed by atoms with Crippen LogP contribution in [-0.4, -0.2) is 14.5 Å². The monoisotopic (exact) mass is 312 g/mol. The van der Waals surface area contributed by atoms with Crippen LogP contribution in [0.2, 0.25) is 0 Å². The van der Waals surface area contributed by atoms with Crippen LogP contribution in [0.3, 0.4) is 0 Å². The van der Waals surface area contributed by atoms with Gasteiger partial charge in [-0.25, -0.2) is 13.1 Å². The molecule has 20 heavy (non-hydrogen) atoms. The van der Waals surface area contributed by atoms with E-state index in [1.54, 1.807) is 6.07 Å². The summed E-state index contributed by atoms with van der Waals surface area (Å²) in [4.78, 5) is 2.20. The van der Waals surface area contributed by atoms with Gasteiger partial charge in [0.25, 0.3) is 0 Å². The first-order valence-corrected chi connectivity index (χ1v) is 9.63. The van der Waals surface area contributed by atoms with Crippen molar-refractivity contribution in [2.75, 3.05) is 0 Å². The number of nitrogens with one attached hydrogen (secondary N) is 1. The number of hydrogen-bond acceptors (Lipinski definition) is 4. The first kappa shape index (κ1) is 13.2. The highest BCUT2D eigenvalue weighted by molar-refractivity contribution is 7.89. The minimum atomic E-state index is -3.37. The maximum absolute atomic E-state index is 12.6. The van der Waals surface area contributed by atoms with Crippen molar-refractivity contribution in [2.45, 2.75) is 43.7 Å². The van der Waals surface area contributed by atoms with E-state index in [1.807, 2.05) is 6.92 Å². The van der Waals surface area contributed by atoms with Gasteiger partial charge in [0.2, 0.25) is 10.0 Å². The molecule has 0 spiro atoms. The molecular formula is C14H20N2O2S2. The number of aryl methyl sites for hydroxylation is 1.